The van der Waals surface area contributed by atoms with Gasteiger partial charge in [-0.25, -0.2) is 4.98 Å². The molecule has 2 saturated heterocycles. The van der Waals surface area contributed by atoms with Gasteiger partial charge in [0.15, 0.2) is 0 Å². The highest BCUT2D eigenvalue weighted by molar-refractivity contribution is 5.42. The third kappa shape index (κ3) is 2.64. The molecule has 2 aliphatic rings. The Morgan fingerprint density at radius 3 is 2.53 bits per heavy atom. The molecular formula is C13H21N5O. The molecule has 0 bridgehead atoms. The van der Waals surface area contributed by atoms with Crippen LogP contribution in [0, 0.1) is 6.92 Å². The van der Waals surface area contributed by atoms with Crippen molar-refractivity contribution in [2.75, 3.05) is 51.3 Å². The van der Waals surface area contributed by atoms with E-state index in [1.165, 1.54) is 0 Å². The van der Waals surface area contributed by atoms with Crippen molar-refractivity contribution in [2.24, 2.45) is 0 Å². The van der Waals surface area contributed by atoms with Gasteiger partial charge in [0.25, 0.3) is 0 Å². The number of hydrogen-bond acceptors (Lipinski definition) is 6. The first-order valence-electron chi connectivity index (χ1n) is 6.85. The lowest BCUT2D eigenvalue weighted by molar-refractivity contribution is 0.137. The highest BCUT2D eigenvalue weighted by Gasteiger charge is 2.28. The molecule has 6 heteroatoms. The second-order valence-corrected chi connectivity index (χ2v) is 5.15. The average Bonchev–Trinajstić information content (AvgIpc) is 2.37. The van der Waals surface area contributed by atoms with Gasteiger partial charge in [-0.3, -0.25) is 4.90 Å². The molecular weight excluding hydrogens is 242 g/mol. The number of ether oxygens (including phenoxy) is 1. The van der Waals surface area contributed by atoms with E-state index in [2.05, 4.69) is 25.1 Å². The Labute approximate surface area is 113 Å². The maximum Gasteiger partial charge on any atom is 0.218 e. The fraction of sp³-hybridized carbons (Fsp3) is 0.692. The summed E-state index contributed by atoms with van der Waals surface area (Å²) < 4.78 is 5.22. The van der Waals surface area contributed by atoms with Crippen molar-refractivity contribution in [1.82, 2.24) is 20.2 Å². The fourth-order valence-electron chi connectivity index (χ4n) is 2.64. The molecule has 19 heavy (non-hydrogen) atoms. The van der Waals surface area contributed by atoms with Crippen molar-refractivity contribution < 1.29 is 4.74 Å². The summed E-state index contributed by atoms with van der Waals surface area (Å²) in [5.74, 6) is 2.39. The first kappa shape index (κ1) is 12.6. The van der Waals surface area contributed by atoms with E-state index in [0.717, 1.165) is 57.0 Å². The molecule has 0 aliphatic carbocycles. The van der Waals surface area contributed by atoms with Gasteiger partial charge in [-0.15, -0.1) is 0 Å². The van der Waals surface area contributed by atoms with Gasteiger partial charge in [-0.2, -0.15) is 4.98 Å². The van der Waals surface area contributed by atoms with Crippen LogP contribution in [-0.2, 0) is 0 Å². The van der Waals surface area contributed by atoms with E-state index >= 15 is 0 Å². The maximum atomic E-state index is 5.22. The van der Waals surface area contributed by atoms with Crippen molar-refractivity contribution >= 4 is 5.82 Å². The second kappa shape index (κ2) is 5.30. The van der Waals surface area contributed by atoms with E-state index in [-0.39, 0.29) is 0 Å². The van der Waals surface area contributed by atoms with Gasteiger partial charge >= 0.3 is 0 Å². The molecule has 104 valence electrons. The highest BCUT2D eigenvalue weighted by Crippen LogP contribution is 2.19. The topological polar surface area (TPSA) is 53.5 Å². The molecule has 2 fully saturated rings. The van der Waals surface area contributed by atoms with Crippen LogP contribution in [0.3, 0.4) is 0 Å². The molecule has 0 spiro atoms. The van der Waals surface area contributed by atoms with Crippen LogP contribution < -0.4 is 15.0 Å². The second-order valence-electron chi connectivity index (χ2n) is 5.15. The number of aryl methyl sites for hydroxylation is 1. The molecule has 2 aliphatic heterocycles. The van der Waals surface area contributed by atoms with Crippen LogP contribution in [-0.4, -0.2) is 67.3 Å². The Bertz CT molecular complexity index is 441. The number of rotatable bonds is 3. The molecule has 1 N–H and O–H groups in total. The Morgan fingerprint density at radius 1 is 1.21 bits per heavy atom. The Balaban J connectivity index is 1.65. The number of aromatic nitrogens is 2. The van der Waals surface area contributed by atoms with Crippen LogP contribution in [0.1, 0.15) is 5.82 Å². The fourth-order valence-corrected chi connectivity index (χ4v) is 2.64. The summed E-state index contributed by atoms with van der Waals surface area (Å²) in [7, 11) is 1.65. The SMILES string of the molecule is COc1cc(N2CCN(C3CNC3)CC2)nc(C)n1. The summed E-state index contributed by atoms with van der Waals surface area (Å²) in [6, 6.07) is 2.66. The van der Waals surface area contributed by atoms with Gasteiger partial charge in [0.2, 0.25) is 5.88 Å². The van der Waals surface area contributed by atoms with E-state index in [1.807, 2.05) is 13.0 Å². The number of methoxy groups -OCH3 is 1. The van der Waals surface area contributed by atoms with E-state index in [0.29, 0.717) is 5.88 Å². The summed E-state index contributed by atoms with van der Waals surface area (Å²) >= 11 is 0. The summed E-state index contributed by atoms with van der Waals surface area (Å²) in [5, 5.41) is 3.33. The van der Waals surface area contributed by atoms with E-state index in [1.54, 1.807) is 7.11 Å². The van der Waals surface area contributed by atoms with Crippen LogP contribution in [0.4, 0.5) is 5.82 Å². The first-order chi connectivity index (χ1) is 9.26. The number of anilines is 1. The lowest BCUT2D eigenvalue weighted by Gasteiger charge is -2.43. The molecule has 0 saturated carbocycles. The molecule has 0 radical (unpaired) electrons. The lowest BCUT2D eigenvalue weighted by atomic mass is 10.1. The Morgan fingerprint density at radius 2 is 1.95 bits per heavy atom. The number of piperazine rings is 1. The highest BCUT2D eigenvalue weighted by atomic mass is 16.5. The van der Waals surface area contributed by atoms with E-state index in [9.17, 15) is 0 Å². The van der Waals surface area contributed by atoms with Gasteiger partial charge in [-0.1, -0.05) is 0 Å². The molecule has 0 atom stereocenters. The summed E-state index contributed by atoms with van der Waals surface area (Å²) in [6.07, 6.45) is 0. The van der Waals surface area contributed by atoms with Crippen molar-refractivity contribution in [1.29, 1.82) is 0 Å². The number of nitrogens with zero attached hydrogens (tertiary/aromatic N) is 4. The summed E-state index contributed by atoms with van der Waals surface area (Å²) in [5.41, 5.74) is 0. The number of hydrogen-bond donors (Lipinski definition) is 1. The van der Waals surface area contributed by atoms with Gasteiger partial charge < -0.3 is 15.0 Å². The Kier molecular flexibility index (Phi) is 3.52. The van der Waals surface area contributed by atoms with Crippen LogP contribution in [0.15, 0.2) is 6.07 Å². The van der Waals surface area contributed by atoms with Crippen molar-refractivity contribution in [3.05, 3.63) is 11.9 Å². The molecule has 1 aromatic heterocycles. The van der Waals surface area contributed by atoms with Crippen LogP contribution in [0.2, 0.25) is 0 Å². The van der Waals surface area contributed by atoms with Crippen LogP contribution >= 0.6 is 0 Å². The van der Waals surface area contributed by atoms with Crippen LogP contribution in [0.5, 0.6) is 5.88 Å². The zero-order chi connectivity index (χ0) is 13.2. The third-order valence-corrected chi connectivity index (χ3v) is 3.92. The molecule has 3 rings (SSSR count). The zero-order valence-electron chi connectivity index (χ0n) is 11.6. The van der Waals surface area contributed by atoms with Gasteiger partial charge in [0, 0.05) is 51.4 Å². The molecule has 0 aromatic carbocycles. The molecule has 3 heterocycles. The average molecular weight is 263 g/mol. The summed E-state index contributed by atoms with van der Waals surface area (Å²) in [6.45, 7) is 8.45. The zero-order valence-corrected chi connectivity index (χ0v) is 11.6. The van der Waals surface area contributed by atoms with E-state index in [4.69, 9.17) is 4.74 Å². The monoisotopic (exact) mass is 263 g/mol. The number of nitrogens with one attached hydrogen (secondary N) is 1. The van der Waals surface area contributed by atoms with Gasteiger partial charge in [0.05, 0.1) is 7.11 Å². The predicted molar refractivity (Wildman–Crippen MR) is 73.8 cm³/mol. The van der Waals surface area contributed by atoms with Crippen molar-refractivity contribution in [3.8, 4) is 5.88 Å². The smallest absolute Gasteiger partial charge is 0.218 e. The van der Waals surface area contributed by atoms with Crippen LogP contribution in [0.25, 0.3) is 0 Å². The normalized spacial score (nSPS) is 21.3. The van der Waals surface area contributed by atoms with Crippen molar-refractivity contribution in [3.63, 3.8) is 0 Å². The maximum absolute atomic E-state index is 5.22. The predicted octanol–water partition coefficient (Wildman–Crippen LogP) is -0.113. The minimum atomic E-state index is 0.646. The molecule has 6 nitrogen and oxygen atoms in total. The minimum absolute atomic E-state index is 0.646. The summed E-state index contributed by atoms with van der Waals surface area (Å²) in [4.78, 5) is 13.6. The minimum Gasteiger partial charge on any atom is -0.481 e. The molecule has 1 aromatic rings. The third-order valence-electron chi connectivity index (χ3n) is 3.92. The van der Waals surface area contributed by atoms with Gasteiger partial charge in [0.1, 0.15) is 11.6 Å². The quantitative estimate of drug-likeness (QED) is 0.821. The van der Waals surface area contributed by atoms with Crippen molar-refractivity contribution in [2.45, 2.75) is 13.0 Å². The van der Waals surface area contributed by atoms with Gasteiger partial charge in [-0.05, 0) is 6.92 Å². The largest absolute Gasteiger partial charge is 0.481 e. The van der Waals surface area contributed by atoms with E-state index < -0.39 is 0 Å². The Hall–Kier alpha value is -1.40. The standard InChI is InChI=1S/C13H21N5O/c1-10-15-12(7-13(16-10)19-2)18-5-3-17(4-6-18)11-8-14-9-11/h7,11,14H,3-6,8-9H2,1-2H3. The molecule has 0 unspecified atom stereocenters. The molecule has 0 amide bonds. The lowest BCUT2D eigenvalue weighted by Crippen LogP contribution is -2.61. The first-order valence-corrected chi connectivity index (χ1v) is 6.85.